The third-order valence-corrected chi connectivity index (χ3v) is 4.22. The lowest BCUT2D eigenvalue weighted by molar-refractivity contribution is 0.347. The maximum atomic E-state index is 5.68. The Kier molecular flexibility index (Phi) is 3.74. The van der Waals surface area contributed by atoms with Gasteiger partial charge in [-0.3, -0.25) is 5.10 Å². The largest absolute Gasteiger partial charge is 0.382 e. The van der Waals surface area contributed by atoms with E-state index in [1.165, 1.54) is 43.5 Å². The standard InChI is InChI=1S/C16H22N4/c1-20-8-3-6-12(7-9-20)13-4-2-5-14(10-13)15-11-16(17)19-18-15/h2,4-5,10-12H,3,6-9H2,1H3,(H3,17,18,19). The summed E-state index contributed by atoms with van der Waals surface area (Å²) in [6.45, 7) is 2.40. The predicted molar refractivity (Wildman–Crippen MR) is 82.5 cm³/mol. The van der Waals surface area contributed by atoms with Crippen molar-refractivity contribution in [2.75, 3.05) is 25.9 Å². The van der Waals surface area contributed by atoms with Crippen LogP contribution in [0.4, 0.5) is 5.82 Å². The molecule has 1 aliphatic rings. The van der Waals surface area contributed by atoms with Crippen molar-refractivity contribution in [1.29, 1.82) is 0 Å². The van der Waals surface area contributed by atoms with Gasteiger partial charge in [0, 0.05) is 6.07 Å². The number of nitrogens with zero attached hydrogens (tertiary/aromatic N) is 2. The monoisotopic (exact) mass is 270 g/mol. The van der Waals surface area contributed by atoms with Gasteiger partial charge >= 0.3 is 0 Å². The summed E-state index contributed by atoms with van der Waals surface area (Å²) >= 11 is 0. The average molecular weight is 270 g/mol. The van der Waals surface area contributed by atoms with Crippen molar-refractivity contribution < 1.29 is 0 Å². The Morgan fingerprint density at radius 3 is 2.95 bits per heavy atom. The molecule has 0 bridgehead atoms. The van der Waals surface area contributed by atoms with Crippen LogP contribution in [0.1, 0.15) is 30.7 Å². The maximum Gasteiger partial charge on any atom is 0.145 e. The molecule has 1 unspecified atom stereocenters. The van der Waals surface area contributed by atoms with Crippen molar-refractivity contribution in [2.24, 2.45) is 0 Å². The van der Waals surface area contributed by atoms with Gasteiger partial charge in [-0.15, -0.1) is 0 Å². The first-order valence-corrected chi connectivity index (χ1v) is 7.32. The quantitative estimate of drug-likeness (QED) is 0.882. The second-order valence-electron chi connectivity index (χ2n) is 5.76. The van der Waals surface area contributed by atoms with E-state index in [-0.39, 0.29) is 0 Å². The molecule has 1 atom stereocenters. The second-order valence-corrected chi connectivity index (χ2v) is 5.76. The van der Waals surface area contributed by atoms with E-state index < -0.39 is 0 Å². The van der Waals surface area contributed by atoms with E-state index in [9.17, 15) is 0 Å². The van der Waals surface area contributed by atoms with Crippen molar-refractivity contribution in [3.63, 3.8) is 0 Å². The lowest BCUT2D eigenvalue weighted by Gasteiger charge is -2.16. The number of H-pyrrole nitrogens is 1. The van der Waals surface area contributed by atoms with Crippen molar-refractivity contribution >= 4 is 5.82 Å². The van der Waals surface area contributed by atoms with E-state index in [0.717, 1.165) is 5.69 Å². The van der Waals surface area contributed by atoms with Crippen LogP contribution in [0.25, 0.3) is 11.3 Å². The third kappa shape index (κ3) is 2.85. The number of aromatic amines is 1. The van der Waals surface area contributed by atoms with E-state index in [4.69, 9.17) is 5.73 Å². The summed E-state index contributed by atoms with van der Waals surface area (Å²) in [5.41, 5.74) is 9.29. The van der Waals surface area contributed by atoms with Gasteiger partial charge in [-0.2, -0.15) is 5.10 Å². The zero-order chi connectivity index (χ0) is 13.9. The van der Waals surface area contributed by atoms with Gasteiger partial charge in [0.15, 0.2) is 0 Å². The number of benzene rings is 1. The topological polar surface area (TPSA) is 57.9 Å². The average Bonchev–Trinajstić information content (AvgIpc) is 2.77. The van der Waals surface area contributed by atoms with Crippen LogP contribution < -0.4 is 5.73 Å². The molecule has 0 spiro atoms. The molecule has 0 aliphatic carbocycles. The van der Waals surface area contributed by atoms with Crippen LogP contribution in [0.5, 0.6) is 0 Å². The lowest BCUT2D eigenvalue weighted by Crippen LogP contribution is -2.18. The molecular weight excluding hydrogens is 248 g/mol. The normalized spacial score (nSPS) is 20.8. The number of aromatic nitrogens is 2. The van der Waals surface area contributed by atoms with Crippen molar-refractivity contribution in [3.05, 3.63) is 35.9 Å². The zero-order valence-electron chi connectivity index (χ0n) is 12.0. The van der Waals surface area contributed by atoms with Crippen molar-refractivity contribution in [3.8, 4) is 11.3 Å². The molecule has 0 radical (unpaired) electrons. The summed E-state index contributed by atoms with van der Waals surface area (Å²) in [6, 6.07) is 10.7. The molecule has 1 fully saturated rings. The second kappa shape index (κ2) is 5.67. The minimum atomic E-state index is 0.543. The lowest BCUT2D eigenvalue weighted by atomic mass is 9.90. The fraction of sp³-hybridized carbons (Fsp3) is 0.438. The Morgan fingerprint density at radius 1 is 1.25 bits per heavy atom. The molecule has 1 aliphatic heterocycles. The zero-order valence-corrected chi connectivity index (χ0v) is 12.0. The number of nitrogens with one attached hydrogen (secondary N) is 1. The van der Waals surface area contributed by atoms with E-state index in [1.807, 2.05) is 6.07 Å². The molecule has 106 valence electrons. The fourth-order valence-electron chi connectivity index (χ4n) is 3.02. The number of nitrogens with two attached hydrogens (primary N) is 1. The molecule has 0 saturated carbocycles. The predicted octanol–water partition coefficient (Wildman–Crippen LogP) is 2.86. The van der Waals surface area contributed by atoms with Crippen LogP contribution in [0.3, 0.4) is 0 Å². The van der Waals surface area contributed by atoms with Gasteiger partial charge in [-0.1, -0.05) is 18.2 Å². The summed E-state index contributed by atoms with van der Waals surface area (Å²) in [6.07, 6.45) is 3.80. The highest BCUT2D eigenvalue weighted by atomic mass is 15.2. The number of rotatable bonds is 2. The molecule has 2 aromatic rings. The van der Waals surface area contributed by atoms with Gasteiger partial charge in [-0.25, -0.2) is 0 Å². The van der Waals surface area contributed by atoms with Crippen molar-refractivity contribution in [2.45, 2.75) is 25.2 Å². The molecule has 20 heavy (non-hydrogen) atoms. The SMILES string of the molecule is CN1CCCC(c2cccc(-c3cc(N)n[nH]3)c2)CC1. The van der Waals surface area contributed by atoms with Gasteiger partial charge in [-0.05, 0) is 62.5 Å². The Labute approximate surface area is 120 Å². The van der Waals surface area contributed by atoms with E-state index >= 15 is 0 Å². The first kappa shape index (κ1) is 13.2. The number of anilines is 1. The Bertz CT molecular complexity index is 575. The van der Waals surface area contributed by atoms with E-state index in [2.05, 4.69) is 46.4 Å². The van der Waals surface area contributed by atoms with Gasteiger partial charge in [0.2, 0.25) is 0 Å². The third-order valence-electron chi connectivity index (χ3n) is 4.22. The highest BCUT2D eigenvalue weighted by molar-refractivity contribution is 5.62. The van der Waals surface area contributed by atoms with Crippen LogP contribution in [0.2, 0.25) is 0 Å². The Hall–Kier alpha value is -1.81. The molecule has 1 aromatic heterocycles. The van der Waals surface area contributed by atoms with E-state index in [1.54, 1.807) is 0 Å². The number of hydrogen-bond acceptors (Lipinski definition) is 3. The molecule has 2 heterocycles. The smallest absolute Gasteiger partial charge is 0.145 e. The molecule has 3 rings (SSSR count). The molecule has 4 nitrogen and oxygen atoms in total. The fourth-order valence-corrected chi connectivity index (χ4v) is 3.02. The number of hydrogen-bond donors (Lipinski definition) is 2. The number of likely N-dealkylation sites (tertiary alicyclic amines) is 1. The van der Waals surface area contributed by atoms with Crippen LogP contribution in [0.15, 0.2) is 30.3 Å². The highest BCUT2D eigenvalue weighted by Gasteiger charge is 2.17. The van der Waals surface area contributed by atoms with E-state index in [0.29, 0.717) is 11.7 Å². The summed E-state index contributed by atoms with van der Waals surface area (Å²) in [5.74, 6) is 1.21. The van der Waals surface area contributed by atoms with Gasteiger partial charge in [0.05, 0.1) is 5.69 Å². The minimum Gasteiger partial charge on any atom is -0.382 e. The molecule has 0 amide bonds. The van der Waals surface area contributed by atoms with Crippen LogP contribution in [0, 0.1) is 0 Å². The van der Waals surface area contributed by atoms with Crippen LogP contribution in [-0.2, 0) is 0 Å². The van der Waals surface area contributed by atoms with Gasteiger partial charge < -0.3 is 10.6 Å². The van der Waals surface area contributed by atoms with Gasteiger partial charge in [0.25, 0.3) is 0 Å². The summed E-state index contributed by atoms with van der Waals surface area (Å²) < 4.78 is 0. The molecule has 3 N–H and O–H groups in total. The summed E-state index contributed by atoms with van der Waals surface area (Å²) in [7, 11) is 2.21. The molecular formula is C16H22N4. The molecule has 1 saturated heterocycles. The molecule has 1 aromatic carbocycles. The van der Waals surface area contributed by atoms with Gasteiger partial charge in [0.1, 0.15) is 5.82 Å². The van der Waals surface area contributed by atoms with Crippen LogP contribution in [-0.4, -0.2) is 35.2 Å². The van der Waals surface area contributed by atoms with Crippen LogP contribution >= 0.6 is 0 Å². The first-order chi connectivity index (χ1) is 9.72. The highest BCUT2D eigenvalue weighted by Crippen LogP contribution is 2.30. The van der Waals surface area contributed by atoms with Crippen molar-refractivity contribution in [1.82, 2.24) is 15.1 Å². The first-order valence-electron chi connectivity index (χ1n) is 7.32. The Morgan fingerprint density at radius 2 is 2.15 bits per heavy atom. The minimum absolute atomic E-state index is 0.543. The summed E-state index contributed by atoms with van der Waals surface area (Å²) in [4.78, 5) is 2.43. The Balaban J connectivity index is 1.83. The number of nitrogen functional groups attached to an aromatic ring is 1. The maximum absolute atomic E-state index is 5.68. The molecule has 4 heteroatoms. The summed E-state index contributed by atoms with van der Waals surface area (Å²) in [5, 5.41) is 6.99.